The summed E-state index contributed by atoms with van der Waals surface area (Å²) in [4.78, 5) is 23.7. The van der Waals surface area contributed by atoms with Crippen LogP contribution in [0.4, 0.5) is 5.69 Å². The van der Waals surface area contributed by atoms with Crippen LogP contribution in [0.15, 0.2) is 22.7 Å². The lowest BCUT2D eigenvalue weighted by Crippen LogP contribution is -2.29. The Morgan fingerprint density at radius 1 is 1.56 bits per heavy atom. The topological polar surface area (TPSA) is 89.5 Å². The van der Waals surface area contributed by atoms with Crippen molar-refractivity contribution in [2.45, 2.75) is 6.42 Å². The fraction of sp³-hybridized carbons (Fsp3) is 0.364. The van der Waals surface area contributed by atoms with Crippen molar-refractivity contribution in [3.63, 3.8) is 0 Å². The Balaban J connectivity index is 2.97. The molecule has 18 heavy (non-hydrogen) atoms. The van der Waals surface area contributed by atoms with E-state index in [1.165, 1.54) is 23.1 Å². The van der Waals surface area contributed by atoms with Gasteiger partial charge in [0.1, 0.15) is 0 Å². The van der Waals surface area contributed by atoms with Crippen LogP contribution in [-0.4, -0.2) is 35.9 Å². The second-order valence-corrected chi connectivity index (χ2v) is 4.64. The molecule has 0 fully saturated rings. The standard InChI is InChI=1S/C11H14BrN3O3/c1-14(6-2-5-13)11(16)9-7-8(15(17)18)3-4-10(9)12/h3-4,7H,2,5-6,13H2,1H3. The Bertz CT molecular complexity index is 465. The van der Waals surface area contributed by atoms with E-state index in [0.717, 1.165) is 0 Å². The van der Waals surface area contributed by atoms with Crippen molar-refractivity contribution >= 4 is 27.5 Å². The Kier molecular flexibility index (Phi) is 5.24. The van der Waals surface area contributed by atoms with E-state index in [1.54, 1.807) is 7.05 Å². The number of non-ortho nitro benzene ring substituents is 1. The molecule has 0 aliphatic rings. The zero-order chi connectivity index (χ0) is 13.7. The third kappa shape index (κ3) is 3.51. The van der Waals surface area contributed by atoms with Gasteiger partial charge in [-0.1, -0.05) is 0 Å². The molecule has 1 rings (SSSR count). The van der Waals surface area contributed by atoms with E-state index in [4.69, 9.17) is 5.73 Å². The van der Waals surface area contributed by atoms with E-state index in [2.05, 4.69) is 15.9 Å². The zero-order valence-corrected chi connectivity index (χ0v) is 11.5. The maximum atomic E-state index is 12.1. The minimum atomic E-state index is -0.525. The van der Waals surface area contributed by atoms with Gasteiger partial charge in [-0.15, -0.1) is 0 Å². The molecule has 2 N–H and O–H groups in total. The number of amides is 1. The highest BCUT2D eigenvalue weighted by Crippen LogP contribution is 2.23. The normalized spacial score (nSPS) is 10.2. The van der Waals surface area contributed by atoms with Gasteiger partial charge >= 0.3 is 0 Å². The number of nitrogens with zero attached hydrogens (tertiary/aromatic N) is 2. The number of carbonyl (C=O) groups is 1. The summed E-state index contributed by atoms with van der Waals surface area (Å²) >= 11 is 3.22. The maximum absolute atomic E-state index is 12.1. The van der Waals surface area contributed by atoms with Crippen molar-refractivity contribution in [1.29, 1.82) is 0 Å². The van der Waals surface area contributed by atoms with Gasteiger partial charge in [-0.3, -0.25) is 14.9 Å². The SMILES string of the molecule is CN(CCCN)C(=O)c1cc([N+](=O)[O-])ccc1Br. The Hall–Kier alpha value is -1.47. The molecule has 0 atom stereocenters. The highest BCUT2D eigenvalue weighted by Gasteiger charge is 2.18. The third-order valence-electron chi connectivity index (χ3n) is 2.44. The predicted molar refractivity (Wildman–Crippen MR) is 71.4 cm³/mol. The van der Waals surface area contributed by atoms with E-state index in [1.807, 2.05) is 0 Å². The van der Waals surface area contributed by atoms with Crippen molar-refractivity contribution in [3.8, 4) is 0 Å². The number of nitro groups is 1. The summed E-state index contributed by atoms with van der Waals surface area (Å²) in [7, 11) is 1.64. The Morgan fingerprint density at radius 2 is 2.22 bits per heavy atom. The molecule has 0 radical (unpaired) electrons. The molecule has 0 spiro atoms. The number of halogens is 1. The Morgan fingerprint density at radius 3 is 2.78 bits per heavy atom. The fourth-order valence-electron chi connectivity index (χ4n) is 1.43. The molecular formula is C11H14BrN3O3. The monoisotopic (exact) mass is 315 g/mol. The highest BCUT2D eigenvalue weighted by atomic mass is 79.9. The van der Waals surface area contributed by atoms with Gasteiger partial charge in [0.25, 0.3) is 11.6 Å². The first kappa shape index (κ1) is 14.6. The molecule has 7 heteroatoms. The second kappa shape index (κ2) is 6.46. The molecule has 1 amide bonds. The van der Waals surface area contributed by atoms with E-state index >= 15 is 0 Å². The van der Waals surface area contributed by atoms with Gasteiger partial charge in [-0.05, 0) is 35.0 Å². The summed E-state index contributed by atoms with van der Waals surface area (Å²) in [6, 6.07) is 4.12. The van der Waals surface area contributed by atoms with Crippen LogP contribution in [0.25, 0.3) is 0 Å². The summed E-state index contributed by atoms with van der Waals surface area (Å²) < 4.78 is 0.540. The van der Waals surface area contributed by atoms with Crippen LogP contribution in [0.3, 0.4) is 0 Å². The zero-order valence-electron chi connectivity index (χ0n) is 9.93. The molecule has 0 aliphatic carbocycles. The van der Waals surface area contributed by atoms with Crippen LogP contribution in [0.2, 0.25) is 0 Å². The van der Waals surface area contributed by atoms with Crippen LogP contribution in [0.5, 0.6) is 0 Å². The van der Waals surface area contributed by atoms with Gasteiger partial charge in [-0.2, -0.15) is 0 Å². The minimum Gasteiger partial charge on any atom is -0.342 e. The largest absolute Gasteiger partial charge is 0.342 e. The molecule has 1 aromatic carbocycles. The highest BCUT2D eigenvalue weighted by molar-refractivity contribution is 9.10. The number of nitro benzene ring substituents is 1. The molecule has 0 heterocycles. The molecular weight excluding hydrogens is 302 g/mol. The second-order valence-electron chi connectivity index (χ2n) is 3.79. The lowest BCUT2D eigenvalue weighted by molar-refractivity contribution is -0.384. The van der Waals surface area contributed by atoms with Gasteiger partial charge in [0.05, 0.1) is 10.5 Å². The fourth-order valence-corrected chi connectivity index (χ4v) is 1.84. The van der Waals surface area contributed by atoms with Gasteiger partial charge in [0.2, 0.25) is 0 Å². The van der Waals surface area contributed by atoms with Crippen LogP contribution in [-0.2, 0) is 0 Å². The van der Waals surface area contributed by atoms with E-state index < -0.39 is 4.92 Å². The summed E-state index contributed by atoms with van der Waals surface area (Å²) in [6.45, 7) is 1.01. The number of carbonyl (C=O) groups excluding carboxylic acids is 1. The van der Waals surface area contributed by atoms with Gasteiger partial charge in [0.15, 0.2) is 0 Å². The van der Waals surface area contributed by atoms with Gasteiger partial charge < -0.3 is 10.6 Å². The van der Waals surface area contributed by atoms with Crippen molar-refractivity contribution in [2.24, 2.45) is 5.73 Å². The smallest absolute Gasteiger partial charge is 0.270 e. The van der Waals surface area contributed by atoms with Gasteiger partial charge in [-0.25, -0.2) is 0 Å². The molecule has 0 unspecified atom stereocenters. The summed E-state index contributed by atoms with van der Waals surface area (Å²) in [5.41, 5.74) is 5.55. The van der Waals surface area contributed by atoms with Crippen LogP contribution in [0, 0.1) is 10.1 Å². The summed E-state index contributed by atoms with van der Waals surface area (Å²) in [6.07, 6.45) is 0.689. The summed E-state index contributed by atoms with van der Waals surface area (Å²) in [5, 5.41) is 10.7. The lowest BCUT2D eigenvalue weighted by atomic mass is 10.1. The predicted octanol–water partition coefficient (Wildman–Crippen LogP) is 1.78. The molecule has 0 aliphatic heterocycles. The van der Waals surface area contributed by atoms with Crippen LogP contribution >= 0.6 is 15.9 Å². The third-order valence-corrected chi connectivity index (χ3v) is 3.13. The first-order chi connectivity index (χ1) is 8.47. The van der Waals surface area contributed by atoms with Crippen molar-refractivity contribution in [3.05, 3.63) is 38.3 Å². The molecule has 0 aromatic heterocycles. The summed E-state index contributed by atoms with van der Waals surface area (Å²) in [5.74, 6) is -0.265. The minimum absolute atomic E-state index is 0.103. The van der Waals surface area contributed by atoms with Crippen LogP contribution < -0.4 is 5.73 Å². The number of benzene rings is 1. The number of hydrogen-bond acceptors (Lipinski definition) is 4. The molecule has 98 valence electrons. The lowest BCUT2D eigenvalue weighted by Gasteiger charge is -2.17. The molecule has 0 saturated carbocycles. The average Bonchev–Trinajstić information content (AvgIpc) is 2.35. The van der Waals surface area contributed by atoms with Gasteiger partial charge in [0, 0.05) is 30.2 Å². The Labute approximate surface area is 113 Å². The van der Waals surface area contributed by atoms with Crippen molar-refractivity contribution in [2.75, 3.05) is 20.1 Å². The van der Waals surface area contributed by atoms with Crippen LogP contribution in [0.1, 0.15) is 16.8 Å². The van der Waals surface area contributed by atoms with Crippen molar-refractivity contribution in [1.82, 2.24) is 4.90 Å². The number of nitrogens with two attached hydrogens (primary N) is 1. The molecule has 0 bridgehead atoms. The molecule has 0 saturated heterocycles. The maximum Gasteiger partial charge on any atom is 0.270 e. The molecule has 1 aromatic rings. The van der Waals surface area contributed by atoms with E-state index in [9.17, 15) is 14.9 Å². The first-order valence-electron chi connectivity index (χ1n) is 5.37. The first-order valence-corrected chi connectivity index (χ1v) is 6.16. The average molecular weight is 316 g/mol. The van der Waals surface area contributed by atoms with E-state index in [0.29, 0.717) is 24.0 Å². The van der Waals surface area contributed by atoms with E-state index in [-0.39, 0.29) is 17.2 Å². The molecule has 6 nitrogen and oxygen atoms in total. The van der Waals surface area contributed by atoms with Crippen molar-refractivity contribution < 1.29 is 9.72 Å². The number of hydrogen-bond donors (Lipinski definition) is 1. The quantitative estimate of drug-likeness (QED) is 0.662. The number of rotatable bonds is 5.